The van der Waals surface area contributed by atoms with Crippen molar-refractivity contribution in [2.24, 2.45) is 0 Å². The first kappa shape index (κ1) is 14.0. The SMILES string of the molecule is Cc1csc(CNC(=O)Cn2nc(C)c(Cl)c2C)n1. The van der Waals surface area contributed by atoms with Crippen molar-refractivity contribution >= 4 is 28.8 Å². The number of aromatic nitrogens is 3. The quantitative estimate of drug-likeness (QED) is 0.941. The Morgan fingerprint density at radius 3 is 2.74 bits per heavy atom. The van der Waals surface area contributed by atoms with Crippen LogP contribution in [0.15, 0.2) is 5.38 Å². The number of aryl methyl sites for hydroxylation is 2. The van der Waals surface area contributed by atoms with Gasteiger partial charge in [0.25, 0.3) is 0 Å². The molecule has 1 N–H and O–H groups in total. The highest BCUT2D eigenvalue weighted by molar-refractivity contribution is 7.09. The highest BCUT2D eigenvalue weighted by Gasteiger charge is 2.12. The standard InChI is InChI=1S/C12H15ClN4OS/c1-7-6-19-11(15-7)4-14-10(18)5-17-9(3)12(13)8(2)16-17/h6H,4-5H2,1-3H3,(H,14,18). The molecule has 2 rings (SSSR count). The van der Waals surface area contributed by atoms with Gasteiger partial charge in [-0.25, -0.2) is 4.98 Å². The fourth-order valence-electron chi connectivity index (χ4n) is 1.68. The molecular formula is C12H15ClN4OS. The van der Waals surface area contributed by atoms with Crippen molar-refractivity contribution < 1.29 is 4.79 Å². The van der Waals surface area contributed by atoms with Crippen molar-refractivity contribution in [3.63, 3.8) is 0 Å². The first-order chi connectivity index (χ1) is 8.97. The van der Waals surface area contributed by atoms with Gasteiger partial charge in [-0.1, -0.05) is 11.6 Å². The molecule has 0 aliphatic rings. The Morgan fingerprint density at radius 1 is 1.47 bits per heavy atom. The predicted molar refractivity (Wildman–Crippen MR) is 75.4 cm³/mol. The molecule has 0 saturated carbocycles. The lowest BCUT2D eigenvalue weighted by Crippen LogP contribution is -2.27. The maximum atomic E-state index is 11.8. The van der Waals surface area contributed by atoms with Crippen LogP contribution < -0.4 is 5.32 Å². The summed E-state index contributed by atoms with van der Waals surface area (Å²) in [6.07, 6.45) is 0. The summed E-state index contributed by atoms with van der Waals surface area (Å²) in [5, 5.41) is 10.5. The van der Waals surface area contributed by atoms with Crippen molar-refractivity contribution in [2.45, 2.75) is 33.9 Å². The second-order valence-corrected chi connectivity index (χ2v) is 5.62. The third-order valence-electron chi connectivity index (χ3n) is 2.69. The summed E-state index contributed by atoms with van der Waals surface area (Å²) in [5.41, 5.74) is 2.52. The van der Waals surface area contributed by atoms with Gasteiger partial charge < -0.3 is 5.32 Å². The summed E-state index contributed by atoms with van der Waals surface area (Å²) in [6.45, 7) is 6.22. The Labute approximate surface area is 120 Å². The molecule has 0 aromatic carbocycles. The minimum absolute atomic E-state index is 0.102. The molecular weight excluding hydrogens is 284 g/mol. The van der Waals surface area contributed by atoms with E-state index in [4.69, 9.17) is 11.6 Å². The maximum absolute atomic E-state index is 11.8. The Balaban J connectivity index is 1.92. The van der Waals surface area contributed by atoms with Gasteiger partial charge in [0, 0.05) is 11.1 Å². The molecule has 0 unspecified atom stereocenters. The largest absolute Gasteiger partial charge is 0.348 e. The van der Waals surface area contributed by atoms with Crippen LogP contribution in [0.1, 0.15) is 22.1 Å². The van der Waals surface area contributed by atoms with Crippen molar-refractivity contribution in [1.82, 2.24) is 20.1 Å². The highest BCUT2D eigenvalue weighted by Crippen LogP contribution is 2.18. The number of halogens is 1. The molecule has 0 bridgehead atoms. The van der Waals surface area contributed by atoms with Crippen molar-refractivity contribution in [1.29, 1.82) is 0 Å². The smallest absolute Gasteiger partial charge is 0.242 e. The Bertz CT molecular complexity index is 605. The van der Waals surface area contributed by atoms with E-state index in [1.165, 1.54) is 11.3 Å². The fourth-order valence-corrected chi connectivity index (χ4v) is 2.53. The van der Waals surface area contributed by atoms with Crippen LogP contribution in [0.4, 0.5) is 0 Å². The summed E-state index contributed by atoms with van der Waals surface area (Å²) in [5.74, 6) is -0.102. The maximum Gasteiger partial charge on any atom is 0.242 e. The van der Waals surface area contributed by atoms with Crippen LogP contribution >= 0.6 is 22.9 Å². The molecule has 1 amide bonds. The third kappa shape index (κ3) is 3.33. The molecule has 2 heterocycles. The van der Waals surface area contributed by atoms with Crippen LogP contribution in [0.3, 0.4) is 0 Å². The molecule has 2 aromatic rings. The zero-order valence-electron chi connectivity index (χ0n) is 11.0. The van der Waals surface area contributed by atoms with E-state index in [9.17, 15) is 4.79 Å². The first-order valence-corrected chi connectivity index (χ1v) is 7.10. The van der Waals surface area contributed by atoms with Crippen LogP contribution in [0.5, 0.6) is 0 Å². The number of nitrogens with zero attached hydrogens (tertiary/aromatic N) is 3. The van der Waals surface area contributed by atoms with Gasteiger partial charge in [-0.3, -0.25) is 9.48 Å². The fraction of sp³-hybridized carbons (Fsp3) is 0.417. The molecule has 0 aliphatic carbocycles. The highest BCUT2D eigenvalue weighted by atomic mass is 35.5. The lowest BCUT2D eigenvalue weighted by molar-refractivity contribution is -0.122. The van der Waals surface area contributed by atoms with E-state index < -0.39 is 0 Å². The number of carbonyl (C=O) groups excluding carboxylic acids is 1. The van der Waals surface area contributed by atoms with Crippen LogP contribution in [0, 0.1) is 20.8 Å². The van der Waals surface area contributed by atoms with Gasteiger partial charge in [0.05, 0.1) is 23.0 Å². The number of hydrogen-bond donors (Lipinski definition) is 1. The van der Waals surface area contributed by atoms with E-state index in [-0.39, 0.29) is 12.5 Å². The van der Waals surface area contributed by atoms with E-state index in [0.29, 0.717) is 11.6 Å². The number of rotatable bonds is 4. The number of carbonyl (C=O) groups is 1. The molecule has 0 fully saturated rings. The average Bonchev–Trinajstić information content (AvgIpc) is 2.88. The first-order valence-electron chi connectivity index (χ1n) is 5.84. The van der Waals surface area contributed by atoms with Gasteiger partial charge in [-0.15, -0.1) is 11.3 Å². The van der Waals surface area contributed by atoms with Crippen molar-refractivity contribution in [2.75, 3.05) is 0 Å². The summed E-state index contributed by atoms with van der Waals surface area (Å²) < 4.78 is 1.61. The Kier molecular flexibility index (Phi) is 4.21. The van der Waals surface area contributed by atoms with E-state index in [2.05, 4.69) is 15.4 Å². The summed E-state index contributed by atoms with van der Waals surface area (Å²) >= 11 is 7.57. The average molecular weight is 299 g/mol. The molecule has 2 aromatic heterocycles. The van der Waals surface area contributed by atoms with Gasteiger partial charge >= 0.3 is 0 Å². The second kappa shape index (κ2) is 5.71. The molecule has 0 aliphatic heterocycles. The molecule has 7 heteroatoms. The molecule has 0 spiro atoms. The van der Waals surface area contributed by atoms with Gasteiger partial charge in [0.15, 0.2) is 0 Å². The number of hydrogen-bond acceptors (Lipinski definition) is 4. The van der Waals surface area contributed by atoms with E-state index in [0.717, 1.165) is 22.1 Å². The van der Waals surface area contributed by atoms with Gasteiger partial charge in [-0.05, 0) is 20.8 Å². The van der Waals surface area contributed by atoms with Gasteiger partial charge in [-0.2, -0.15) is 5.10 Å². The normalized spacial score (nSPS) is 10.7. The van der Waals surface area contributed by atoms with E-state index in [1.54, 1.807) is 4.68 Å². The Hall–Kier alpha value is -1.40. The van der Waals surface area contributed by atoms with Crippen LogP contribution in [0.2, 0.25) is 5.02 Å². The molecule has 19 heavy (non-hydrogen) atoms. The summed E-state index contributed by atoms with van der Waals surface area (Å²) in [4.78, 5) is 16.1. The van der Waals surface area contributed by atoms with Gasteiger partial charge in [0.1, 0.15) is 11.6 Å². The van der Waals surface area contributed by atoms with Gasteiger partial charge in [0.2, 0.25) is 5.91 Å². The predicted octanol–water partition coefficient (Wildman–Crippen LogP) is 2.23. The molecule has 102 valence electrons. The van der Waals surface area contributed by atoms with Crippen LogP contribution in [-0.2, 0) is 17.9 Å². The summed E-state index contributed by atoms with van der Waals surface area (Å²) in [7, 11) is 0. The lowest BCUT2D eigenvalue weighted by atomic mass is 10.4. The molecule has 0 saturated heterocycles. The lowest BCUT2D eigenvalue weighted by Gasteiger charge is -2.05. The topological polar surface area (TPSA) is 59.8 Å². The molecule has 5 nitrogen and oxygen atoms in total. The molecule has 0 atom stereocenters. The number of thiazole rings is 1. The zero-order chi connectivity index (χ0) is 14.0. The Morgan fingerprint density at radius 2 is 2.21 bits per heavy atom. The second-order valence-electron chi connectivity index (χ2n) is 4.30. The van der Waals surface area contributed by atoms with E-state index in [1.807, 2.05) is 26.2 Å². The minimum atomic E-state index is -0.102. The van der Waals surface area contributed by atoms with Crippen molar-refractivity contribution in [3.8, 4) is 0 Å². The third-order valence-corrected chi connectivity index (χ3v) is 4.20. The van der Waals surface area contributed by atoms with Crippen LogP contribution in [-0.4, -0.2) is 20.7 Å². The van der Waals surface area contributed by atoms with E-state index >= 15 is 0 Å². The monoisotopic (exact) mass is 298 g/mol. The van der Waals surface area contributed by atoms with Crippen LogP contribution in [0.25, 0.3) is 0 Å². The minimum Gasteiger partial charge on any atom is -0.348 e. The zero-order valence-corrected chi connectivity index (χ0v) is 12.6. The molecule has 0 radical (unpaired) electrons. The number of amides is 1. The van der Waals surface area contributed by atoms with Crippen molar-refractivity contribution in [3.05, 3.63) is 32.5 Å². The number of nitrogens with one attached hydrogen (secondary N) is 1. The summed E-state index contributed by atoms with van der Waals surface area (Å²) in [6, 6.07) is 0.